The first-order valence-electron chi connectivity index (χ1n) is 17.6. The summed E-state index contributed by atoms with van der Waals surface area (Å²) < 4.78 is 0. The van der Waals surface area contributed by atoms with Crippen molar-refractivity contribution >= 4 is 70.9 Å². The van der Waals surface area contributed by atoms with Crippen LogP contribution in [0.2, 0.25) is 0 Å². The second-order valence-corrected chi connectivity index (χ2v) is 13.3. The molecule has 0 aromatic heterocycles. The third-order valence-electron chi connectivity index (χ3n) is 10.4. The molecule has 10 rings (SSSR count). The van der Waals surface area contributed by atoms with Gasteiger partial charge in [0.15, 0.2) is 0 Å². The number of fused-ring (bicyclic) bond motifs is 9. The summed E-state index contributed by atoms with van der Waals surface area (Å²) in [6.07, 6.45) is 0. The van der Waals surface area contributed by atoms with Gasteiger partial charge >= 0.3 is 0 Å². The van der Waals surface area contributed by atoms with E-state index in [1.54, 1.807) is 0 Å². The van der Waals surface area contributed by atoms with E-state index in [-0.39, 0.29) is 0 Å². The SMILES string of the molecule is c1ccc(-c2ccc(-c3ccc(N(c4ccc5ccc6ccccc6c5c4)c4ccc5c6ccccc6c6ccccc6c5c4)cc3)cc2)cc1. The molecule has 0 spiro atoms. The van der Waals surface area contributed by atoms with Crippen molar-refractivity contribution in [1.29, 1.82) is 0 Å². The fraction of sp³-hybridized carbons (Fsp3) is 0. The van der Waals surface area contributed by atoms with E-state index in [2.05, 4.69) is 205 Å². The van der Waals surface area contributed by atoms with Crippen LogP contribution in [-0.4, -0.2) is 0 Å². The molecule has 0 saturated carbocycles. The first-order chi connectivity index (χ1) is 25.3. The zero-order chi connectivity index (χ0) is 33.7. The second-order valence-electron chi connectivity index (χ2n) is 13.3. The molecule has 0 bridgehead atoms. The Balaban J connectivity index is 1.14. The summed E-state index contributed by atoms with van der Waals surface area (Å²) in [5.74, 6) is 0. The molecule has 0 atom stereocenters. The van der Waals surface area contributed by atoms with Gasteiger partial charge in [0, 0.05) is 17.1 Å². The summed E-state index contributed by atoms with van der Waals surface area (Å²) in [5, 5.41) is 12.7. The molecule has 10 aromatic carbocycles. The molecule has 0 N–H and O–H groups in total. The molecular formula is C50H33N. The molecule has 0 amide bonds. The minimum atomic E-state index is 1.11. The molecule has 10 aromatic rings. The molecule has 0 fully saturated rings. The van der Waals surface area contributed by atoms with Crippen molar-refractivity contribution in [3.8, 4) is 22.3 Å². The highest BCUT2D eigenvalue weighted by molar-refractivity contribution is 6.25. The third kappa shape index (κ3) is 5.02. The Hall–Kier alpha value is -6.70. The third-order valence-corrected chi connectivity index (χ3v) is 10.4. The minimum absolute atomic E-state index is 1.11. The maximum absolute atomic E-state index is 2.41. The molecular weight excluding hydrogens is 615 g/mol. The average molecular weight is 648 g/mol. The van der Waals surface area contributed by atoms with Gasteiger partial charge in [-0.3, -0.25) is 0 Å². The molecule has 0 heterocycles. The van der Waals surface area contributed by atoms with Crippen LogP contribution in [0.5, 0.6) is 0 Å². The molecule has 0 aliphatic heterocycles. The van der Waals surface area contributed by atoms with Gasteiger partial charge in [0.25, 0.3) is 0 Å². The topological polar surface area (TPSA) is 3.24 Å². The van der Waals surface area contributed by atoms with Gasteiger partial charge in [-0.1, -0.05) is 164 Å². The largest absolute Gasteiger partial charge is 0.310 e. The van der Waals surface area contributed by atoms with E-state index in [0.29, 0.717) is 0 Å². The lowest BCUT2D eigenvalue weighted by molar-refractivity contribution is 1.30. The van der Waals surface area contributed by atoms with Crippen LogP contribution in [0.4, 0.5) is 17.1 Å². The first kappa shape index (κ1) is 29.2. The lowest BCUT2D eigenvalue weighted by Gasteiger charge is -2.27. The van der Waals surface area contributed by atoms with Gasteiger partial charge in [0.1, 0.15) is 0 Å². The van der Waals surface area contributed by atoms with Gasteiger partial charge in [-0.25, -0.2) is 0 Å². The van der Waals surface area contributed by atoms with Crippen LogP contribution in [0.1, 0.15) is 0 Å². The summed E-state index contributed by atoms with van der Waals surface area (Å²) >= 11 is 0. The summed E-state index contributed by atoms with van der Waals surface area (Å²) in [7, 11) is 0. The Kier molecular flexibility index (Phi) is 6.89. The molecule has 238 valence electrons. The van der Waals surface area contributed by atoms with Crippen molar-refractivity contribution in [2.45, 2.75) is 0 Å². The molecule has 0 unspecified atom stereocenters. The molecule has 1 nitrogen and oxygen atoms in total. The molecule has 0 saturated heterocycles. The van der Waals surface area contributed by atoms with E-state index < -0.39 is 0 Å². The number of hydrogen-bond acceptors (Lipinski definition) is 1. The Bertz CT molecular complexity index is 2850. The van der Waals surface area contributed by atoms with Crippen LogP contribution in [0, 0.1) is 0 Å². The fourth-order valence-electron chi connectivity index (χ4n) is 7.90. The number of anilines is 3. The van der Waals surface area contributed by atoms with E-state index in [0.717, 1.165) is 17.1 Å². The normalized spacial score (nSPS) is 11.5. The smallest absolute Gasteiger partial charge is 0.0468 e. The number of rotatable bonds is 5. The van der Waals surface area contributed by atoms with Gasteiger partial charge in [-0.05, 0) is 113 Å². The Morgan fingerprint density at radius 2 is 0.588 bits per heavy atom. The van der Waals surface area contributed by atoms with Gasteiger partial charge in [-0.15, -0.1) is 0 Å². The fourth-order valence-corrected chi connectivity index (χ4v) is 7.90. The van der Waals surface area contributed by atoms with Gasteiger partial charge < -0.3 is 4.90 Å². The van der Waals surface area contributed by atoms with E-state index in [1.807, 2.05) is 0 Å². The Morgan fingerprint density at radius 1 is 0.216 bits per heavy atom. The van der Waals surface area contributed by atoms with E-state index >= 15 is 0 Å². The highest BCUT2D eigenvalue weighted by Crippen LogP contribution is 2.42. The van der Waals surface area contributed by atoms with E-state index in [4.69, 9.17) is 0 Å². The molecule has 0 radical (unpaired) electrons. The quantitative estimate of drug-likeness (QED) is 0.168. The van der Waals surface area contributed by atoms with Crippen LogP contribution in [-0.2, 0) is 0 Å². The number of nitrogens with zero attached hydrogens (tertiary/aromatic N) is 1. The standard InChI is InChI=1S/C50H33N/c1-2-10-34(11-3-1)35-18-20-36(21-19-35)37-24-27-40(28-25-37)51(41-29-26-39-23-22-38-12-4-5-13-43(38)49(39)32-41)42-30-31-48-46-16-7-6-14-44(46)45-15-8-9-17-47(45)50(48)33-42/h1-33H. The maximum atomic E-state index is 2.41. The lowest BCUT2D eigenvalue weighted by atomic mass is 9.94. The predicted molar refractivity (Wildman–Crippen MR) is 220 cm³/mol. The highest BCUT2D eigenvalue weighted by Gasteiger charge is 2.17. The van der Waals surface area contributed by atoms with Crippen molar-refractivity contribution in [2.75, 3.05) is 4.90 Å². The van der Waals surface area contributed by atoms with Crippen molar-refractivity contribution in [2.24, 2.45) is 0 Å². The van der Waals surface area contributed by atoms with Gasteiger partial charge in [-0.2, -0.15) is 0 Å². The van der Waals surface area contributed by atoms with Crippen LogP contribution in [0.25, 0.3) is 76.1 Å². The van der Waals surface area contributed by atoms with Crippen LogP contribution < -0.4 is 4.90 Å². The number of hydrogen-bond donors (Lipinski definition) is 0. The van der Waals surface area contributed by atoms with Crippen molar-refractivity contribution in [1.82, 2.24) is 0 Å². The highest BCUT2D eigenvalue weighted by atomic mass is 15.1. The average Bonchev–Trinajstić information content (AvgIpc) is 3.21. The van der Waals surface area contributed by atoms with Gasteiger partial charge in [0.05, 0.1) is 0 Å². The summed E-state index contributed by atoms with van der Waals surface area (Å²) in [6, 6.07) is 73.0. The van der Waals surface area contributed by atoms with E-state index in [9.17, 15) is 0 Å². The molecule has 0 aliphatic carbocycles. The first-order valence-corrected chi connectivity index (χ1v) is 17.6. The zero-order valence-corrected chi connectivity index (χ0v) is 28.0. The van der Waals surface area contributed by atoms with Gasteiger partial charge in [0.2, 0.25) is 0 Å². The maximum Gasteiger partial charge on any atom is 0.0468 e. The Morgan fingerprint density at radius 3 is 1.20 bits per heavy atom. The summed E-state index contributed by atoms with van der Waals surface area (Å²) in [5.41, 5.74) is 8.22. The number of benzene rings is 10. The minimum Gasteiger partial charge on any atom is -0.310 e. The van der Waals surface area contributed by atoms with Crippen molar-refractivity contribution in [3.63, 3.8) is 0 Å². The lowest BCUT2D eigenvalue weighted by Crippen LogP contribution is -2.10. The van der Waals surface area contributed by atoms with Crippen molar-refractivity contribution in [3.05, 3.63) is 200 Å². The monoisotopic (exact) mass is 647 g/mol. The second kappa shape index (κ2) is 12.0. The molecule has 51 heavy (non-hydrogen) atoms. The van der Waals surface area contributed by atoms with Crippen molar-refractivity contribution < 1.29 is 0 Å². The predicted octanol–water partition coefficient (Wildman–Crippen LogP) is 14.3. The molecule has 1 heteroatoms. The van der Waals surface area contributed by atoms with Crippen LogP contribution in [0.15, 0.2) is 200 Å². The Labute approximate surface area is 297 Å². The van der Waals surface area contributed by atoms with Crippen LogP contribution in [0.3, 0.4) is 0 Å². The molecule has 0 aliphatic rings. The van der Waals surface area contributed by atoms with E-state index in [1.165, 1.54) is 76.1 Å². The van der Waals surface area contributed by atoms with Crippen LogP contribution >= 0.6 is 0 Å². The summed E-state index contributed by atoms with van der Waals surface area (Å²) in [4.78, 5) is 2.41. The zero-order valence-electron chi connectivity index (χ0n) is 28.0. The summed E-state index contributed by atoms with van der Waals surface area (Å²) in [6.45, 7) is 0.